The number of carbonyl (C=O) groups is 1. The van der Waals surface area contributed by atoms with Crippen LogP contribution in [0.15, 0.2) is 101 Å². The molecule has 0 saturated carbocycles. The van der Waals surface area contributed by atoms with E-state index in [2.05, 4.69) is 61.6 Å². The number of nitrogens with one attached hydrogen (secondary N) is 2. The number of aromatic nitrogens is 2. The topological polar surface area (TPSA) is 123 Å². The molecule has 0 spiro atoms. The highest BCUT2D eigenvalue weighted by Gasteiger charge is 2.47. The van der Waals surface area contributed by atoms with Crippen molar-refractivity contribution in [1.82, 2.24) is 14.9 Å². The number of morpholine rings is 1. The van der Waals surface area contributed by atoms with Crippen molar-refractivity contribution in [3.63, 3.8) is 0 Å². The molecule has 1 atom stereocenters. The van der Waals surface area contributed by atoms with Gasteiger partial charge in [0.1, 0.15) is 6.10 Å². The summed E-state index contributed by atoms with van der Waals surface area (Å²) >= 11 is 0. The number of hydrogen-bond donors (Lipinski definition) is 3. The van der Waals surface area contributed by atoms with E-state index in [9.17, 15) is 14.7 Å². The molecular weight excluding hydrogens is 544 g/mol. The first-order chi connectivity index (χ1) is 20.9. The SMILES string of the molecule is CC(C)C(=O)Nc1nc2c(c(=O)[nH]1)N=C/[N+]2=C1/CN(C(c2ccccc2)(c2ccccc2)c2ccccc2)C[C@@H](CO)O1. The van der Waals surface area contributed by atoms with E-state index in [-0.39, 0.29) is 35.9 Å². The Morgan fingerprint density at radius 1 is 1.02 bits per heavy atom. The third kappa shape index (κ3) is 5.15. The zero-order valence-electron chi connectivity index (χ0n) is 24.0. The van der Waals surface area contributed by atoms with Gasteiger partial charge < -0.3 is 9.84 Å². The van der Waals surface area contributed by atoms with Crippen LogP contribution in [0.5, 0.6) is 0 Å². The van der Waals surface area contributed by atoms with Gasteiger partial charge in [-0.05, 0) is 16.7 Å². The Bertz CT molecular complexity index is 1640. The largest absolute Gasteiger partial charge is 0.463 e. The first-order valence-electron chi connectivity index (χ1n) is 14.3. The number of rotatable bonds is 7. The molecule has 3 heterocycles. The van der Waals surface area contributed by atoms with Crippen LogP contribution in [0.25, 0.3) is 0 Å². The fourth-order valence-electron chi connectivity index (χ4n) is 5.72. The monoisotopic (exact) mass is 577 g/mol. The molecule has 1 saturated heterocycles. The van der Waals surface area contributed by atoms with E-state index in [0.717, 1.165) is 16.7 Å². The number of aliphatic hydroxyl groups excluding tert-OH is 1. The lowest BCUT2D eigenvalue weighted by molar-refractivity contribution is -0.318. The predicted octanol–water partition coefficient (Wildman–Crippen LogP) is 3.77. The van der Waals surface area contributed by atoms with Gasteiger partial charge in [0, 0.05) is 12.5 Å². The molecule has 3 N–H and O–H groups in total. The number of anilines is 1. The van der Waals surface area contributed by atoms with E-state index in [0.29, 0.717) is 19.0 Å². The standard InChI is InChI=1S/C33H32N6O4/c1-22(2)30(41)36-32-35-29-28(31(42)37-32)34-21-39(29)27-19-38(18-26(20-40)43-27)33(23-12-6-3-7-13-23,24-14-8-4-9-15-24)25-16-10-5-11-17-25/h3-17,21-22,26,40H,18-20H2,1-2H3,(H-,35,36,37,41,42)/p+1/b39-27+/t26-/m0/s1. The normalized spacial score (nSPS) is 18.4. The van der Waals surface area contributed by atoms with Crippen LogP contribution in [0.3, 0.4) is 0 Å². The van der Waals surface area contributed by atoms with Crippen molar-refractivity contribution in [3.05, 3.63) is 118 Å². The first-order valence-corrected chi connectivity index (χ1v) is 14.3. The van der Waals surface area contributed by atoms with Crippen molar-refractivity contribution in [2.75, 3.05) is 25.0 Å². The van der Waals surface area contributed by atoms with Crippen LogP contribution >= 0.6 is 0 Å². The summed E-state index contributed by atoms with van der Waals surface area (Å²) in [7, 11) is 0. The Hall–Kier alpha value is -4.93. The minimum atomic E-state index is -0.760. The summed E-state index contributed by atoms with van der Waals surface area (Å²) in [5.74, 6) is 0.125. The number of fused-ring (bicyclic) bond motifs is 1. The third-order valence-corrected chi connectivity index (χ3v) is 7.75. The predicted molar refractivity (Wildman–Crippen MR) is 164 cm³/mol. The highest BCUT2D eigenvalue weighted by atomic mass is 16.5. The van der Waals surface area contributed by atoms with E-state index < -0.39 is 17.2 Å². The number of benzene rings is 3. The molecule has 218 valence electrons. The second kappa shape index (κ2) is 11.7. The van der Waals surface area contributed by atoms with Gasteiger partial charge in [-0.2, -0.15) is 4.58 Å². The van der Waals surface area contributed by atoms with E-state index in [1.165, 1.54) is 6.34 Å². The van der Waals surface area contributed by atoms with Crippen molar-refractivity contribution in [1.29, 1.82) is 0 Å². The Balaban J connectivity index is 1.53. The number of H-pyrrole nitrogens is 1. The van der Waals surface area contributed by atoms with Crippen LogP contribution in [-0.4, -0.2) is 68.5 Å². The van der Waals surface area contributed by atoms with Crippen LogP contribution in [-0.2, 0) is 15.1 Å². The average Bonchev–Trinajstić information content (AvgIpc) is 3.47. The molecule has 2 aliphatic rings. The molecule has 0 unspecified atom stereocenters. The van der Waals surface area contributed by atoms with Crippen molar-refractivity contribution in [2.24, 2.45) is 10.9 Å². The number of aliphatic hydroxyl groups is 1. The van der Waals surface area contributed by atoms with Gasteiger partial charge in [0.05, 0.1) is 18.7 Å². The highest BCUT2D eigenvalue weighted by molar-refractivity contribution is 5.91. The van der Waals surface area contributed by atoms with E-state index in [1.807, 2.05) is 54.6 Å². The summed E-state index contributed by atoms with van der Waals surface area (Å²) in [6.07, 6.45) is 0.905. The molecule has 1 amide bonds. The van der Waals surface area contributed by atoms with Gasteiger partial charge in [0.25, 0.3) is 17.5 Å². The molecule has 0 bridgehead atoms. The molecule has 2 aliphatic heterocycles. The van der Waals surface area contributed by atoms with Gasteiger partial charge in [-0.3, -0.25) is 24.8 Å². The second-order valence-corrected chi connectivity index (χ2v) is 10.9. The summed E-state index contributed by atoms with van der Waals surface area (Å²) < 4.78 is 7.95. The lowest BCUT2D eigenvalue weighted by Crippen LogP contribution is -2.58. The van der Waals surface area contributed by atoms with Crippen molar-refractivity contribution in [2.45, 2.75) is 25.5 Å². The third-order valence-electron chi connectivity index (χ3n) is 7.75. The van der Waals surface area contributed by atoms with Crippen LogP contribution < -0.4 is 10.9 Å². The lowest BCUT2D eigenvalue weighted by atomic mass is 9.75. The molecule has 43 heavy (non-hydrogen) atoms. The summed E-state index contributed by atoms with van der Waals surface area (Å²) in [5, 5.41) is 13.1. The lowest BCUT2D eigenvalue weighted by Gasteiger charge is -2.48. The Morgan fingerprint density at radius 3 is 2.09 bits per heavy atom. The van der Waals surface area contributed by atoms with E-state index in [4.69, 9.17) is 4.74 Å². The fraction of sp³-hybridized carbons (Fsp3) is 0.242. The molecule has 4 aromatic rings. The molecule has 1 fully saturated rings. The van der Waals surface area contributed by atoms with Crippen molar-refractivity contribution < 1.29 is 19.2 Å². The van der Waals surface area contributed by atoms with Gasteiger partial charge in [-0.1, -0.05) is 115 Å². The number of carbonyl (C=O) groups excluding carboxylic acids is 1. The molecule has 10 nitrogen and oxygen atoms in total. The maximum absolute atomic E-state index is 12.9. The first kappa shape index (κ1) is 28.2. The number of nitrogens with zero attached hydrogens (tertiary/aromatic N) is 4. The number of aromatic amines is 1. The van der Waals surface area contributed by atoms with Gasteiger partial charge >= 0.3 is 11.4 Å². The van der Waals surface area contributed by atoms with Gasteiger partial charge in [-0.25, -0.2) is 0 Å². The maximum Gasteiger partial charge on any atom is 0.322 e. The van der Waals surface area contributed by atoms with E-state index >= 15 is 0 Å². The average molecular weight is 578 g/mol. The molecular formula is C33H33N6O4+. The molecule has 6 rings (SSSR count). The van der Waals surface area contributed by atoms with E-state index in [1.54, 1.807) is 18.4 Å². The zero-order chi connectivity index (χ0) is 30.0. The zero-order valence-corrected chi connectivity index (χ0v) is 24.0. The smallest absolute Gasteiger partial charge is 0.322 e. The number of aliphatic imine (C=N–C) groups is 1. The van der Waals surface area contributed by atoms with Crippen LogP contribution in [0, 0.1) is 5.92 Å². The number of hydrogen-bond acceptors (Lipinski definition) is 7. The van der Waals surface area contributed by atoms with Gasteiger partial charge in [-0.15, -0.1) is 0 Å². The minimum Gasteiger partial charge on any atom is -0.463 e. The fourth-order valence-corrected chi connectivity index (χ4v) is 5.72. The van der Waals surface area contributed by atoms with Gasteiger partial charge in [0.2, 0.25) is 12.2 Å². The molecule has 10 heteroatoms. The summed E-state index contributed by atoms with van der Waals surface area (Å²) in [6.45, 7) is 3.98. The highest BCUT2D eigenvalue weighted by Crippen LogP contribution is 2.43. The quantitative estimate of drug-likeness (QED) is 0.227. The van der Waals surface area contributed by atoms with Crippen LogP contribution in [0.4, 0.5) is 17.5 Å². The Kier molecular flexibility index (Phi) is 7.71. The molecule has 1 aromatic heterocycles. The summed E-state index contributed by atoms with van der Waals surface area (Å²) in [5.41, 5.74) is 2.01. The number of amides is 1. The van der Waals surface area contributed by atoms with Crippen molar-refractivity contribution >= 4 is 35.6 Å². The van der Waals surface area contributed by atoms with Gasteiger partial charge in [0.15, 0.2) is 0 Å². The summed E-state index contributed by atoms with van der Waals surface area (Å²) in [6, 6.07) is 30.8. The maximum atomic E-state index is 12.9. The Labute approximate surface area is 249 Å². The molecule has 3 aromatic carbocycles. The Morgan fingerprint density at radius 2 is 1.58 bits per heavy atom. The minimum absolute atomic E-state index is 0.0251. The second-order valence-electron chi connectivity index (χ2n) is 10.9. The van der Waals surface area contributed by atoms with Crippen LogP contribution in [0.1, 0.15) is 30.5 Å². The van der Waals surface area contributed by atoms with Crippen LogP contribution in [0.2, 0.25) is 0 Å². The molecule has 0 radical (unpaired) electrons. The number of ether oxygens (including phenoxy) is 1. The van der Waals surface area contributed by atoms with Crippen molar-refractivity contribution in [3.8, 4) is 0 Å². The summed E-state index contributed by atoms with van der Waals surface area (Å²) in [4.78, 5) is 39.0. The molecule has 0 aliphatic carbocycles.